The molecule has 1 heterocycles. The number of hydrogen-bond donors (Lipinski definition) is 2. The number of halogens is 1. The fourth-order valence-corrected chi connectivity index (χ4v) is 3.69. The van der Waals surface area contributed by atoms with Crippen molar-refractivity contribution >= 4 is 29.9 Å². The van der Waals surface area contributed by atoms with Crippen LogP contribution < -0.4 is 10.6 Å². The van der Waals surface area contributed by atoms with Crippen molar-refractivity contribution in [1.82, 2.24) is 20.4 Å². The Hall–Kier alpha value is -0.860. The van der Waals surface area contributed by atoms with E-state index in [4.69, 9.17) is 4.99 Å². The largest absolute Gasteiger partial charge is 0.357 e. The molecular formula is C24H44IN5. The first-order valence-corrected chi connectivity index (χ1v) is 11.5. The number of nitrogens with zero attached hydrogens (tertiary/aromatic N) is 3. The lowest BCUT2D eigenvalue weighted by Crippen LogP contribution is -2.46. The van der Waals surface area contributed by atoms with E-state index in [2.05, 4.69) is 79.4 Å². The highest BCUT2D eigenvalue weighted by Crippen LogP contribution is 2.15. The van der Waals surface area contributed by atoms with Gasteiger partial charge in [-0.25, -0.2) is 0 Å². The minimum atomic E-state index is 0. The van der Waals surface area contributed by atoms with Gasteiger partial charge >= 0.3 is 0 Å². The van der Waals surface area contributed by atoms with Crippen LogP contribution in [0.1, 0.15) is 51.2 Å². The van der Waals surface area contributed by atoms with Crippen molar-refractivity contribution in [2.45, 2.75) is 46.5 Å². The highest BCUT2D eigenvalue weighted by atomic mass is 127. The molecule has 1 saturated heterocycles. The number of aliphatic imine (C=N–C) groups is 1. The lowest BCUT2D eigenvalue weighted by Gasteiger charge is -2.33. The second-order valence-corrected chi connectivity index (χ2v) is 8.86. The second-order valence-electron chi connectivity index (χ2n) is 8.86. The van der Waals surface area contributed by atoms with Crippen LogP contribution in [0.2, 0.25) is 0 Å². The van der Waals surface area contributed by atoms with Crippen LogP contribution in [0.5, 0.6) is 0 Å². The number of rotatable bonds is 10. The van der Waals surface area contributed by atoms with Crippen molar-refractivity contribution in [3.8, 4) is 0 Å². The SMILES string of the molecule is CCNC(=NCC(C)CN1CCN(C)CC1)NCCCc1ccc(C(C)C)cc1.I. The molecular weight excluding hydrogens is 485 g/mol. The van der Waals surface area contributed by atoms with E-state index in [1.54, 1.807) is 0 Å². The Bertz CT molecular complexity index is 594. The smallest absolute Gasteiger partial charge is 0.191 e. The summed E-state index contributed by atoms with van der Waals surface area (Å²) in [5, 5.41) is 6.89. The van der Waals surface area contributed by atoms with E-state index in [-0.39, 0.29) is 24.0 Å². The zero-order valence-corrected chi connectivity index (χ0v) is 22.1. The molecule has 1 aromatic carbocycles. The van der Waals surface area contributed by atoms with Crippen molar-refractivity contribution in [1.29, 1.82) is 0 Å². The van der Waals surface area contributed by atoms with Gasteiger partial charge in [0.15, 0.2) is 5.96 Å². The Morgan fingerprint density at radius 2 is 1.70 bits per heavy atom. The Labute approximate surface area is 202 Å². The molecule has 2 rings (SSSR count). The first kappa shape index (κ1) is 27.2. The van der Waals surface area contributed by atoms with Gasteiger partial charge < -0.3 is 20.4 Å². The molecule has 30 heavy (non-hydrogen) atoms. The lowest BCUT2D eigenvalue weighted by molar-refractivity contribution is 0.140. The third kappa shape index (κ3) is 10.4. The molecule has 1 atom stereocenters. The zero-order valence-electron chi connectivity index (χ0n) is 19.8. The maximum absolute atomic E-state index is 4.83. The number of benzene rings is 1. The Balaban J connectivity index is 0.00000450. The summed E-state index contributed by atoms with van der Waals surface area (Å²) in [6, 6.07) is 9.07. The Kier molecular flexibility index (Phi) is 13.6. The zero-order chi connectivity index (χ0) is 21.1. The van der Waals surface area contributed by atoms with Crippen LogP contribution in [0.4, 0.5) is 0 Å². The van der Waals surface area contributed by atoms with Crippen molar-refractivity contribution in [3.05, 3.63) is 35.4 Å². The number of nitrogens with one attached hydrogen (secondary N) is 2. The molecule has 1 unspecified atom stereocenters. The number of likely N-dealkylation sites (N-methyl/N-ethyl adjacent to an activating group) is 1. The molecule has 1 fully saturated rings. The van der Waals surface area contributed by atoms with Crippen molar-refractivity contribution < 1.29 is 0 Å². The van der Waals surface area contributed by atoms with Gasteiger partial charge in [0.2, 0.25) is 0 Å². The summed E-state index contributed by atoms with van der Waals surface area (Å²) in [7, 11) is 2.21. The van der Waals surface area contributed by atoms with E-state index in [1.807, 2.05) is 0 Å². The van der Waals surface area contributed by atoms with E-state index in [1.165, 1.54) is 37.3 Å². The maximum Gasteiger partial charge on any atom is 0.191 e. The van der Waals surface area contributed by atoms with E-state index >= 15 is 0 Å². The van der Waals surface area contributed by atoms with E-state index in [9.17, 15) is 0 Å². The van der Waals surface area contributed by atoms with Gasteiger partial charge in [-0.15, -0.1) is 24.0 Å². The molecule has 6 heteroatoms. The first-order chi connectivity index (χ1) is 14.0. The lowest BCUT2D eigenvalue weighted by atomic mass is 10.0. The number of aryl methyl sites for hydroxylation is 1. The van der Waals surface area contributed by atoms with Crippen LogP contribution >= 0.6 is 24.0 Å². The highest BCUT2D eigenvalue weighted by molar-refractivity contribution is 14.0. The van der Waals surface area contributed by atoms with Crippen LogP contribution in [0.25, 0.3) is 0 Å². The molecule has 1 aliphatic rings. The number of hydrogen-bond acceptors (Lipinski definition) is 3. The fourth-order valence-electron chi connectivity index (χ4n) is 3.69. The van der Waals surface area contributed by atoms with Gasteiger partial charge in [0.25, 0.3) is 0 Å². The van der Waals surface area contributed by atoms with Gasteiger partial charge in [0.1, 0.15) is 0 Å². The quantitative estimate of drug-likeness (QED) is 0.210. The predicted molar refractivity (Wildman–Crippen MR) is 141 cm³/mol. The van der Waals surface area contributed by atoms with Gasteiger partial charge in [-0.2, -0.15) is 0 Å². The minimum Gasteiger partial charge on any atom is -0.357 e. The minimum absolute atomic E-state index is 0. The monoisotopic (exact) mass is 529 g/mol. The van der Waals surface area contributed by atoms with Gasteiger partial charge in [0.05, 0.1) is 0 Å². The van der Waals surface area contributed by atoms with Crippen molar-refractivity contribution in [3.63, 3.8) is 0 Å². The molecule has 5 nitrogen and oxygen atoms in total. The summed E-state index contributed by atoms with van der Waals surface area (Å²) in [6.07, 6.45) is 2.22. The normalized spacial score (nSPS) is 16.9. The average molecular weight is 530 g/mol. The fraction of sp³-hybridized carbons (Fsp3) is 0.708. The summed E-state index contributed by atoms with van der Waals surface area (Å²) in [4.78, 5) is 9.81. The molecule has 1 aliphatic heterocycles. The molecule has 0 bridgehead atoms. The van der Waals surface area contributed by atoms with Gasteiger partial charge in [-0.05, 0) is 49.8 Å². The van der Waals surface area contributed by atoms with Gasteiger partial charge in [0, 0.05) is 52.4 Å². The summed E-state index contributed by atoms with van der Waals surface area (Å²) >= 11 is 0. The molecule has 2 N–H and O–H groups in total. The Morgan fingerprint density at radius 1 is 1.03 bits per heavy atom. The van der Waals surface area contributed by atoms with Crippen LogP contribution in [-0.4, -0.2) is 75.2 Å². The van der Waals surface area contributed by atoms with E-state index in [0.717, 1.165) is 45.0 Å². The summed E-state index contributed by atoms with van der Waals surface area (Å²) in [5.41, 5.74) is 2.83. The van der Waals surface area contributed by atoms with Crippen molar-refractivity contribution in [2.75, 3.05) is 59.4 Å². The molecule has 0 aromatic heterocycles. The third-order valence-corrected chi connectivity index (χ3v) is 5.65. The van der Waals surface area contributed by atoms with Crippen LogP contribution in [0.3, 0.4) is 0 Å². The number of piperazine rings is 1. The molecule has 0 amide bonds. The topological polar surface area (TPSA) is 42.9 Å². The summed E-state index contributed by atoms with van der Waals surface area (Å²) < 4.78 is 0. The molecule has 0 saturated carbocycles. The Morgan fingerprint density at radius 3 is 2.30 bits per heavy atom. The molecule has 0 aliphatic carbocycles. The van der Waals surface area contributed by atoms with Gasteiger partial charge in [-0.1, -0.05) is 45.0 Å². The van der Waals surface area contributed by atoms with Crippen LogP contribution in [0, 0.1) is 5.92 Å². The summed E-state index contributed by atoms with van der Waals surface area (Å²) in [6.45, 7) is 17.5. The molecule has 172 valence electrons. The first-order valence-electron chi connectivity index (χ1n) is 11.5. The second kappa shape index (κ2) is 15.0. The average Bonchev–Trinajstić information content (AvgIpc) is 2.71. The predicted octanol–water partition coefficient (Wildman–Crippen LogP) is 3.80. The highest BCUT2D eigenvalue weighted by Gasteiger charge is 2.15. The maximum atomic E-state index is 4.83. The summed E-state index contributed by atoms with van der Waals surface area (Å²) in [5.74, 6) is 2.13. The van der Waals surface area contributed by atoms with E-state index in [0.29, 0.717) is 11.8 Å². The standard InChI is InChI=1S/C24H43N5.HI/c1-6-25-24(27-18-21(4)19-29-16-14-28(5)15-17-29)26-13-7-8-22-9-11-23(12-10-22)20(2)3;/h9-12,20-21H,6-8,13-19H2,1-5H3,(H2,25,26,27);1H. The van der Waals surface area contributed by atoms with E-state index < -0.39 is 0 Å². The molecule has 0 radical (unpaired) electrons. The number of guanidine groups is 1. The molecule has 0 spiro atoms. The van der Waals surface area contributed by atoms with Crippen LogP contribution in [-0.2, 0) is 6.42 Å². The van der Waals surface area contributed by atoms with Crippen LogP contribution in [0.15, 0.2) is 29.3 Å². The third-order valence-electron chi connectivity index (χ3n) is 5.65. The molecule has 1 aromatic rings. The van der Waals surface area contributed by atoms with Gasteiger partial charge in [-0.3, -0.25) is 4.99 Å². The van der Waals surface area contributed by atoms with Crippen molar-refractivity contribution in [2.24, 2.45) is 10.9 Å².